The van der Waals surface area contributed by atoms with Gasteiger partial charge in [-0.25, -0.2) is 0 Å². The molecule has 0 radical (unpaired) electrons. The molecule has 132 valence electrons. The summed E-state index contributed by atoms with van der Waals surface area (Å²) in [5.41, 5.74) is 2.52. The zero-order chi connectivity index (χ0) is 17.3. The normalized spacial score (nSPS) is 17.0. The van der Waals surface area contributed by atoms with E-state index in [1.54, 1.807) is 0 Å². The third-order valence-electron chi connectivity index (χ3n) is 4.51. The van der Waals surface area contributed by atoms with Crippen molar-refractivity contribution in [2.45, 2.75) is 38.3 Å². The number of nitrogens with zero attached hydrogens (tertiary/aromatic N) is 1. The van der Waals surface area contributed by atoms with Gasteiger partial charge in [0.15, 0.2) is 0 Å². The quantitative estimate of drug-likeness (QED) is 0.563. The van der Waals surface area contributed by atoms with Gasteiger partial charge in [-0.05, 0) is 36.8 Å². The molecule has 1 amide bonds. The largest absolute Gasteiger partial charge is 0.355 e. The molecule has 2 aromatic rings. The van der Waals surface area contributed by atoms with Crippen LogP contribution in [0.4, 0.5) is 0 Å². The van der Waals surface area contributed by atoms with Gasteiger partial charge in [-0.1, -0.05) is 60.7 Å². The van der Waals surface area contributed by atoms with Gasteiger partial charge >= 0.3 is 0 Å². The Morgan fingerprint density at radius 3 is 2.28 bits per heavy atom. The second-order valence-electron chi connectivity index (χ2n) is 6.43. The van der Waals surface area contributed by atoms with Crippen LogP contribution >= 0.6 is 0 Å². The Kier molecular flexibility index (Phi) is 6.60. The average molecular weight is 338 g/mol. The Hall–Kier alpha value is -2.17. The van der Waals surface area contributed by atoms with Crippen LogP contribution in [0.5, 0.6) is 0 Å². The van der Waals surface area contributed by atoms with E-state index in [1.807, 2.05) is 29.3 Å². The Bertz CT molecular complexity index is 645. The topological polar surface area (TPSA) is 41.6 Å². The first-order chi connectivity index (χ1) is 12.3. The molecule has 1 fully saturated rings. The summed E-state index contributed by atoms with van der Waals surface area (Å²) in [6, 6.07) is 20.5. The number of hydrogen-bond donors (Lipinski definition) is 1. The molecule has 0 bridgehead atoms. The van der Waals surface area contributed by atoms with Crippen LogP contribution in [-0.2, 0) is 22.6 Å². The smallest absolute Gasteiger partial charge is 0.239 e. The van der Waals surface area contributed by atoms with E-state index in [4.69, 9.17) is 4.84 Å². The molecule has 0 spiro atoms. The number of nitrogens with one attached hydrogen (secondary N) is 1. The molecule has 3 rings (SSSR count). The summed E-state index contributed by atoms with van der Waals surface area (Å²) in [5, 5.41) is 4.76. The molecule has 1 N–H and O–H groups in total. The minimum atomic E-state index is -0.186. The molecule has 4 heteroatoms. The Morgan fingerprint density at radius 2 is 1.64 bits per heavy atom. The molecule has 1 aliphatic rings. The van der Waals surface area contributed by atoms with Gasteiger partial charge in [0.25, 0.3) is 0 Å². The standard InChI is InChI=1S/C21H26N2O2/c24-21-20(14-15-22-21)23(17-19-12-5-2-6-13-19)25-16-8-7-11-18-9-3-1-4-10-18/h1-6,9-10,12-13,20H,7-8,11,14-17H2,(H,22,24). The first kappa shape index (κ1) is 17.6. The highest BCUT2D eigenvalue weighted by Crippen LogP contribution is 2.16. The van der Waals surface area contributed by atoms with Gasteiger partial charge in [0.05, 0.1) is 6.61 Å². The van der Waals surface area contributed by atoms with Crippen LogP contribution in [0.3, 0.4) is 0 Å². The maximum atomic E-state index is 12.0. The second-order valence-corrected chi connectivity index (χ2v) is 6.43. The second kappa shape index (κ2) is 9.35. The highest BCUT2D eigenvalue weighted by molar-refractivity contribution is 5.83. The first-order valence-electron chi connectivity index (χ1n) is 9.08. The predicted molar refractivity (Wildman–Crippen MR) is 98.7 cm³/mol. The van der Waals surface area contributed by atoms with Crippen LogP contribution in [0.15, 0.2) is 60.7 Å². The molecular weight excluding hydrogens is 312 g/mol. The summed E-state index contributed by atoms with van der Waals surface area (Å²) >= 11 is 0. The van der Waals surface area contributed by atoms with Crippen LogP contribution in [0.1, 0.15) is 30.4 Å². The van der Waals surface area contributed by atoms with Gasteiger partial charge in [-0.15, -0.1) is 0 Å². The Labute approximate surface area is 149 Å². The zero-order valence-corrected chi connectivity index (χ0v) is 14.6. The number of aryl methyl sites for hydroxylation is 1. The zero-order valence-electron chi connectivity index (χ0n) is 14.6. The number of hydroxylamine groups is 2. The maximum Gasteiger partial charge on any atom is 0.239 e. The van der Waals surface area contributed by atoms with Crippen molar-refractivity contribution in [1.82, 2.24) is 10.4 Å². The Balaban J connectivity index is 1.48. The van der Waals surface area contributed by atoms with Crippen LogP contribution in [0, 0.1) is 0 Å². The van der Waals surface area contributed by atoms with E-state index in [0.29, 0.717) is 13.2 Å². The summed E-state index contributed by atoms with van der Waals surface area (Å²) < 4.78 is 0. The number of unbranched alkanes of at least 4 members (excludes halogenated alkanes) is 1. The number of rotatable bonds is 9. The van der Waals surface area contributed by atoms with Gasteiger partial charge in [0, 0.05) is 13.1 Å². The molecule has 1 heterocycles. The summed E-state index contributed by atoms with van der Waals surface area (Å²) in [5.74, 6) is 0.0696. The molecule has 1 atom stereocenters. The maximum absolute atomic E-state index is 12.0. The van der Waals surface area contributed by atoms with E-state index in [2.05, 4.69) is 41.7 Å². The molecule has 1 aliphatic heterocycles. The number of benzene rings is 2. The summed E-state index contributed by atoms with van der Waals surface area (Å²) in [6.45, 7) is 2.01. The van der Waals surface area contributed by atoms with Crippen LogP contribution < -0.4 is 5.32 Å². The summed E-state index contributed by atoms with van der Waals surface area (Å²) in [7, 11) is 0. The fraction of sp³-hybridized carbons (Fsp3) is 0.381. The van der Waals surface area contributed by atoms with E-state index < -0.39 is 0 Å². The van der Waals surface area contributed by atoms with Crippen molar-refractivity contribution in [3.05, 3.63) is 71.8 Å². The molecule has 0 saturated carbocycles. The SMILES string of the molecule is O=C1NCCC1N(Cc1ccccc1)OCCCCc1ccccc1. The highest BCUT2D eigenvalue weighted by atomic mass is 16.7. The lowest BCUT2D eigenvalue weighted by molar-refractivity contribution is -0.194. The van der Waals surface area contributed by atoms with Gasteiger partial charge in [-0.3, -0.25) is 9.63 Å². The lowest BCUT2D eigenvalue weighted by Gasteiger charge is -2.26. The first-order valence-corrected chi connectivity index (χ1v) is 9.08. The third-order valence-corrected chi connectivity index (χ3v) is 4.51. The predicted octanol–water partition coefficient (Wildman–Crippen LogP) is 3.33. The van der Waals surface area contributed by atoms with E-state index in [-0.39, 0.29) is 11.9 Å². The van der Waals surface area contributed by atoms with E-state index in [0.717, 1.165) is 37.8 Å². The molecule has 25 heavy (non-hydrogen) atoms. The fourth-order valence-electron chi connectivity index (χ4n) is 3.12. The van der Waals surface area contributed by atoms with Crippen molar-refractivity contribution in [3.8, 4) is 0 Å². The van der Waals surface area contributed by atoms with Gasteiger partial charge in [0.1, 0.15) is 6.04 Å². The summed E-state index contributed by atoms with van der Waals surface area (Å²) in [6.07, 6.45) is 3.93. The molecular formula is C21H26N2O2. The molecule has 1 saturated heterocycles. The van der Waals surface area contributed by atoms with Crippen molar-refractivity contribution in [2.75, 3.05) is 13.2 Å². The van der Waals surface area contributed by atoms with E-state index in [9.17, 15) is 4.79 Å². The fourth-order valence-corrected chi connectivity index (χ4v) is 3.12. The monoisotopic (exact) mass is 338 g/mol. The number of carbonyl (C=O) groups excluding carboxylic acids is 1. The minimum absolute atomic E-state index is 0.0696. The lowest BCUT2D eigenvalue weighted by atomic mass is 10.1. The van der Waals surface area contributed by atoms with Gasteiger partial charge < -0.3 is 5.32 Å². The number of hydrogen-bond acceptors (Lipinski definition) is 3. The van der Waals surface area contributed by atoms with Crippen molar-refractivity contribution in [2.24, 2.45) is 0 Å². The summed E-state index contributed by atoms with van der Waals surface area (Å²) in [4.78, 5) is 18.1. The molecule has 2 aromatic carbocycles. The number of carbonyl (C=O) groups is 1. The van der Waals surface area contributed by atoms with Crippen molar-refractivity contribution >= 4 is 5.91 Å². The Morgan fingerprint density at radius 1 is 0.960 bits per heavy atom. The molecule has 0 aromatic heterocycles. The van der Waals surface area contributed by atoms with Crippen LogP contribution in [0.25, 0.3) is 0 Å². The number of amides is 1. The van der Waals surface area contributed by atoms with Gasteiger partial charge in [-0.2, -0.15) is 5.06 Å². The van der Waals surface area contributed by atoms with Crippen molar-refractivity contribution < 1.29 is 9.63 Å². The third kappa shape index (κ3) is 5.41. The van der Waals surface area contributed by atoms with E-state index >= 15 is 0 Å². The van der Waals surface area contributed by atoms with Crippen LogP contribution in [-0.4, -0.2) is 30.2 Å². The average Bonchev–Trinajstić information content (AvgIpc) is 3.08. The molecule has 0 aliphatic carbocycles. The minimum Gasteiger partial charge on any atom is -0.355 e. The molecule has 4 nitrogen and oxygen atoms in total. The van der Waals surface area contributed by atoms with E-state index in [1.165, 1.54) is 5.56 Å². The highest BCUT2D eigenvalue weighted by Gasteiger charge is 2.31. The van der Waals surface area contributed by atoms with Gasteiger partial charge in [0.2, 0.25) is 5.91 Å². The van der Waals surface area contributed by atoms with Crippen molar-refractivity contribution in [1.29, 1.82) is 0 Å². The van der Waals surface area contributed by atoms with Crippen molar-refractivity contribution in [3.63, 3.8) is 0 Å². The lowest BCUT2D eigenvalue weighted by Crippen LogP contribution is -2.40. The molecule has 1 unspecified atom stereocenters. The van der Waals surface area contributed by atoms with Crippen LogP contribution in [0.2, 0.25) is 0 Å².